The molecule has 0 aliphatic carbocycles. The molecule has 0 saturated carbocycles. The average molecular weight is 404 g/mol. The minimum atomic E-state index is -1.08. The first-order chi connectivity index (χ1) is 12.8. The molecule has 0 unspecified atom stereocenters. The maximum Gasteiger partial charge on any atom is 0.269 e. The highest BCUT2D eigenvalue weighted by Crippen LogP contribution is 2.22. The van der Waals surface area contributed by atoms with Gasteiger partial charge in [0, 0.05) is 16.1 Å². The summed E-state index contributed by atoms with van der Waals surface area (Å²) >= 11 is 11.9. The summed E-state index contributed by atoms with van der Waals surface area (Å²) in [5, 5.41) is 8.41. The van der Waals surface area contributed by atoms with Gasteiger partial charge in [-0.1, -0.05) is 35.3 Å². The average Bonchev–Trinajstić information content (AvgIpc) is 3.03. The minimum Gasteiger partial charge on any atom is -0.478 e. The van der Waals surface area contributed by atoms with E-state index in [1.807, 2.05) is 24.3 Å². The lowest BCUT2D eigenvalue weighted by Gasteiger charge is -2.25. The van der Waals surface area contributed by atoms with Crippen molar-refractivity contribution in [2.45, 2.75) is 26.0 Å². The van der Waals surface area contributed by atoms with E-state index in [1.54, 1.807) is 55.1 Å². The van der Waals surface area contributed by atoms with Gasteiger partial charge in [0.1, 0.15) is 11.6 Å². The third-order valence-corrected chi connectivity index (χ3v) is 4.40. The molecule has 0 aliphatic heterocycles. The van der Waals surface area contributed by atoms with Crippen LogP contribution in [0, 0.1) is 0 Å². The number of hydrogen-bond donors (Lipinski definition) is 1. The summed E-state index contributed by atoms with van der Waals surface area (Å²) in [7, 11) is 0. The zero-order chi connectivity index (χ0) is 19.4. The van der Waals surface area contributed by atoms with Crippen molar-refractivity contribution < 1.29 is 9.53 Å². The Kier molecular flexibility index (Phi) is 5.73. The highest BCUT2D eigenvalue weighted by molar-refractivity contribution is 6.30. The molecule has 3 rings (SSSR count). The third-order valence-electron chi connectivity index (χ3n) is 3.91. The SMILES string of the molecule is CC(C)(Oc1ccc(Cl)cc1)C(=O)Nc1ccnn1Cc1cccc(Cl)c1. The number of nitrogens with zero attached hydrogens (tertiary/aromatic N) is 2. The quantitative estimate of drug-likeness (QED) is 0.627. The number of aromatic nitrogens is 2. The van der Waals surface area contributed by atoms with Gasteiger partial charge in [-0.2, -0.15) is 5.10 Å². The number of ether oxygens (including phenoxy) is 1. The maximum atomic E-state index is 12.7. The summed E-state index contributed by atoms with van der Waals surface area (Å²) in [6.07, 6.45) is 1.63. The molecular weight excluding hydrogens is 385 g/mol. The Balaban J connectivity index is 1.70. The Bertz CT molecular complexity index is 936. The van der Waals surface area contributed by atoms with Crippen molar-refractivity contribution in [1.82, 2.24) is 9.78 Å². The highest BCUT2D eigenvalue weighted by Gasteiger charge is 2.30. The molecule has 0 atom stereocenters. The molecule has 0 radical (unpaired) electrons. The maximum absolute atomic E-state index is 12.7. The molecule has 2 aromatic carbocycles. The summed E-state index contributed by atoms with van der Waals surface area (Å²) < 4.78 is 7.52. The van der Waals surface area contributed by atoms with Gasteiger partial charge in [0.2, 0.25) is 0 Å². The smallest absolute Gasteiger partial charge is 0.269 e. The number of rotatable bonds is 6. The van der Waals surface area contributed by atoms with Gasteiger partial charge in [-0.05, 0) is 55.8 Å². The van der Waals surface area contributed by atoms with E-state index in [1.165, 1.54) is 0 Å². The van der Waals surface area contributed by atoms with Crippen LogP contribution in [0.3, 0.4) is 0 Å². The fourth-order valence-electron chi connectivity index (χ4n) is 2.48. The van der Waals surface area contributed by atoms with Crippen molar-refractivity contribution in [3.63, 3.8) is 0 Å². The monoisotopic (exact) mass is 403 g/mol. The number of carbonyl (C=O) groups is 1. The lowest BCUT2D eigenvalue weighted by atomic mass is 10.1. The number of amides is 1. The van der Waals surface area contributed by atoms with Crippen LogP contribution in [-0.2, 0) is 11.3 Å². The molecule has 5 nitrogen and oxygen atoms in total. The summed E-state index contributed by atoms with van der Waals surface area (Å²) in [5.41, 5.74) is -0.0997. The molecule has 0 spiro atoms. The number of benzene rings is 2. The molecular formula is C20H19Cl2N3O2. The number of carbonyl (C=O) groups excluding carboxylic acids is 1. The van der Waals surface area contributed by atoms with E-state index in [2.05, 4.69) is 10.4 Å². The van der Waals surface area contributed by atoms with Crippen LogP contribution in [0.5, 0.6) is 5.75 Å². The first kappa shape index (κ1) is 19.3. The third kappa shape index (κ3) is 5.02. The second kappa shape index (κ2) is 8.03. The van der Waals surface area contributed by atoms with Crippen LogP contribution in [-0.4, -0.2) is 21.3 Å². The predicted octanol–water partition coefficient (Wildman–Crippen LogP) is 5.03. The Morgan fingerprint density at radius 2 is 1.85 bits per heavy atom. The van der Waals surface area contributed by atoms with Crippen molar-refractivity contribution in [3.8, 4) is 5.75 Å². The largest absolute Gasteiger partial charge is 0.478 e. The molecule has 7 heteroatoms. The Morgan fingerprint density at radius 1 is 1.11 bits per heavy atom. The lowest BCUT2D eigenvalue weighted by Crippen LogP contribution is -2.43. The van der Waals surface area contributed by atoms with Crippen molar-refractivity contribution in [2.75, 3.05) is 5.32 Å². The van der Waals surface area contributed by atoms with Crippen LogP contribution in [0.25, 0.3) is 0 Å². The first-order valence-electron chi connectivity index (χ1n) is 8.36. The molecule has 27 heavy (non-hydrogen) atoms. The van der Waals surface area contributed by atoms with Crippen molar-refractivity contribution in [1.29, 1.82) is 0 Å². The van der Waals surface area contributed by atoms with Crippen LogP contribution in [0.4, 0.5) is 5.82 Å². The van der Waals surface area contributed by atoms with Gasteiger partial charge < -0.3 is 10.1 Å². The Morgan fingerprint density at radius 3 is 2.56 bits per heavy atom. The zero-order valence-corrected chi connectivity index (χ0v) is 16.5. The molecule has 3 aromatic rings. The standard InChI is InChI=1S/C20H19Cl2N3O2/c1-20(2,27-17-8-6-15(21)7-9-17)19(26)24-18-10-11-23-25(18)13-14-4-3-5-16(22)12-14/h3-12H,13H2,1-2H3,(H,24,26). The lowest BCUT2D eigenvalue weighted by molar-refractivity contribution is -0.128. The second-order valence-corrected chi connectivity index (χ2v) is 7.40. The van der Waals surface area contributed by atoms with Crippen LogP contribution in [0.2, 0.25) is 10.0 Å². The summed E-state index contributed by atoms with van der Waals surface area (Å²) in [4.78, 5) is 12.7. The number of anilines is 1. The summed E-state index contributed by atoms with van der Waals surface area (Å²) in [6, 6.07) is 16.1. The van der Waals surface area contributed by atoms with Gasteiger partial charge in [0.15, 0.2) is 5.60 Å². The van der Waals surface area contributed by atoms with Gasteiger partial charge in [0.05, 0.1) is 12.7 Å². The topological polar surface area (TPSA) is 56.1 Å². The van der Waals surface area contributed by atoms with Crippen molar-refractivity contribution >= 4 is 34.9 Å². The fraction of sp³-hybridized carbons (Fsp3) is 0.200. The van der Waals surface area contributed by atoms with Crippen LogP contribution >= 0.6 is 23.2 Å². The molecule has 0 saturated heterocycles. The molecule has 0 bridgehead atoms. The predicted molar refractivity (Wildman–Crippen MR) is 108 cm³/mol. The van der Waals surface area contributed by atoms with E-state index in [-0.39, 0.29) is 5.91 Å². The minimum absolute atomic E-state index is 0.287. The number of halogens is 2. The van der Waals surface area contributed by atoms with E-state index in [9.17, 15) is 4.79 Å². The summed E-state index contributed by atoms with van der Waals surface area (Å²) in [6.45, 7) is 3.89. The van der Waals surface area contributed by atoms with E-state index in [0.717, 1.165) is 5.56 Å². The Labute approximate surface area is 167 Å². The van der Waals surface area contributed by atoms with Crippen LogP contribution in [0.15, 0.2) is 60.8 Å². The normalized spacial score (nSPS) is 11.3. The second-order valence-electron chi connectivity index (χ2n) is 6.52. The van der Waals surface area contributed by atoms with E-state index >= 15 is 0 Å². The van der Waals surface area contributed by atoms with Crippen LogP contribution in [0.1, 0.15) is 19.4 Å². The molecule has 1 heterocycles. The fourth-order valence-corrected chi connectivity index (χ4v) is 2.82. The Hall–Kier alpha value is -2.50. The molecule has 0 fully saturated rings. The van der Waals surface area contributed by atoms with E-state index < -0.39 is 5.60 Å². The van der Waals surface area contributed by atoms with Gasteiger partial charge in [0.25, 0.3) is 5.91 Å². The summed E-state index contributed by atoms with van der Waals surface area (Å²) in [5.74, 6) is 0.852. The number of hydrogen-bond acceptors (Lipinski definition) is 3. The van der Waals surface area contributed by atoms with Crippen molar-refractivity contribution in [2.24, 2.45) is 0 Å². The first-order valence-corrected chi connectivity index (χ1v) is 9.11. The molecule has 1 amide bonds. The van der Waals surface area contributed by atoms with Gasteiger partial charge in [-0.15, -0.1) is 0 Å². The van der Waals surface area contributed by atoms with Gasteiger partial charge in [-0.3, -0.25) is 4.79 Å². The van der Waals surface area contributed by atoms with Gasteiger partial charge >= 0.3 is 0 Å². The number of nitrogens with one attached hydrogen (secondary N) is 1. The van der Waals surface area contributed by atoms with Gasteiger partial charge in [-0.25, -0.2) is 4.68 Å². The molecule has 1 N–H and O–H groups in total. The van der Waals surface area contributed by atoms with Crippen LogP contribution < -0.4 is 10.1 Å². The molecule has 1 aromatic heterocycles. The highest BCUT2D eigenvalue weighted by atomic mass is 35.5. The molecule has 140 valence electrons. The van der Waals surface area contributed by atoms with Crippen molar-refractivity contribution in [3.05, 3.63) is 76.4 Å². The van der Waals surface area contributed by atoms with E-state index in [4.69, 9.17) is 27.9 Å². The van der Waals surface area contributed by atoms with E-state index in [0.29, 0.717) is 28.2 Å². The molecule has 0 aliphatic rings. The zero-order valence-electron chi connectivity index (χ0n) is 14.9.